The van der Waals surface area contributed by atoms with E-state index in [1.54, 1.807) is 18.0 Å². The van der Waals surface area contributed by atoms with E-state index in [-0.39, 0.29) is 5.78 Å². The first-order valence-electron chi connectivity index (χ1n) is 6.38. The molecule has 0 fully saturated rings. The van der Waals surface area contributed by atoms with E-state index < -0.39 is 0 Å². The van der Waals surface area contributed by atoms with Crippen molar-refractivity contribution in [2.24, 2.45) is 0 Å². The van der Waals surface area contributed by atoms with Crippen molar-refractivity contribution in [3.05, 3.63) is 33.8 Å². The maximum atomic E-state index is 12.7. The van der Waals surface area contributed by atoms with Gasteiger partial charge in [0.1, 0.15) is 0 Å². The zero-order valence-electron chi connectivity index (χ0n) is 12.2. The molecule has 0 aliphatic rings. The summed E-state index contributed by atoms with van der Waals surface area (Å²) in [6.45, 7) is 3.41. The Hall–Kier alpha value is -1.66. The predicted molar refractivity (Wildman–Crippen MR) is 79.8 cm³/mol. The standard InChI is InChI=1S/C14H19N3O2S/c1-10-5-8-20-14(10)13(18)12-11(19-4)9-15-17(12)7-6-16(2)3/h5,8-9H,6-7H2,1-4H3. The molecule has 2 heterocycles. The van der Waals surface area contributed by atoms with Crippen molar-refractivity contribution in [1.82, 2.24) is 14.7 Å². The number of aryl methyl sites for hydroxylation is 1. The lowest BCUT2D eigenvalue weighted by Crippen LogP contribution is -2.21. The minimum atomic E-state index is -0.0226. The molecule has 0 aliphatic carbocycles. The molecule has 6 heteroatoms. The molecule has 5 nitrogen and oxygen atoms in total. The molecule has 0 spiro atoms. The van der Waals surface area contributed by atoms with Crippen LogP contribution in [0.2, 0.25) is 0 Å². The number of ether oxygens (including phenoxy) is 1. The Labute approximate surface area is 122 Å². The first kappa shape index (κ1) is 14.7. The van der Waals surface area contributed by atoms with Gasteiger partial charge in [-0.15, -0.1) is 11.3 Å². The highest BCUT2D eigenvalue weighted by Gasteiger charge is 2.23. The van der Waals surface area contributed by atoms with Gasteiger partial charge in [0.2, 0.25) is 5.78 Å². The van der Waals surface area contributed by atoms with Gasteiger partial charge in [-0.1, -0.05) is 0 Å². The number of carbonyl (C=O) groups excluding carboxylic acids is 1. The van der Waals surface area contributed by atoms with Crippen molar-refractivity contribution in [3.8, 4) is 5.75 Å². The molecule has 0 aromatic carbocycles. The summed E-state index contributed by atoms with van der Waals surface area (Å²) in [6.07, 6.45) is 1.60. The highest BCUT2D eigenvalue weighted by Crippen LogP contribution is 2.25. The second-order valence-electron chi connectivity index (χ2n) is 4.85. The van der Waals surface area contributed by atoms with Gasteiger partial charge in [-0.2, -0.15) is 5.10 Å². The molecule has 108 valence electrons. The molecule has 20 heavy (non-hydrogen) atoms. The fourth-order valence-electron chi connectivity index (χ4n) is 1.92. The van der Waals surface area contributed by atoms with E-state index in [9.17, 15) is 4.79 Å². The molecule has 2 rings (SSSR count). The average Bonchev–Trinajstić information content (AvgIpc) is 3.01. The van der Waals surface area contributed by atoms with Crippen LogP contribution in [0.15, 0.2) is 17.6 Å². The lowest BCUT2D eigenvalue weighted by molar-refractivity contribution is 0.102. The number of hydrogen-bond acceptors (Lipinski definition) is 5. The number of nitrogens with zero attached hydrogens (tertiary/aromatic N) is 3. The molecule has 0 saturated carbocycles. The van der Waals surface area contributed by atoms with E-state index in [1.807, 2.05) is 32.5 Å². The lowest BCUT2D eigenvalue weighted by atomic mass is 10.1. The number of aromatic nitrogens is 2. The fourth-order valence-corrected chi connectivity index (χ4v) is 2.79. The number of methoxy groups -OCH3 is 1. The normalized spacial score (nSPS) is 11.1. The van der Waals surface area contributed by atoms with Crippen LogP contribution in [0, 0.1) is 6.92 Å². The maximum absolute atomic E-state index is 12.7. The summed E-state index contributed by atoms with van der Waals surface area (Å²) in [5.74, 6) is 0.507. The van der Waals surface area contributed by atoms with Gasteiger partial charge in [-0.25, -0.2) is 0 Å². The Bertz CT molecular complexity index is 601. The minimum Gasteiger partial charge on any atom is -0.493 e. The zero-order chi connectivity index (χ0) is 14.7. The van der Waals surface area contributed by atoms with Crippen molar-refractivity contribution < 1.29 is 9.53 Å². The van der Waals surface area contributed by atoms with Crippen molar-refractivity contribution in [1.29, 1.82) is 0 Å². The molecular weight excluding hydrogens is 274 g/mol. The lowest BCUT2D eigenvalue weighted by Gasteiger charge is -2.12. The third-order valence-electron chi connectivity index (χ3n) is 3.07. The Morgan fingerprint density at radius 2 is 2.25 bits per heavy atom. The SMILES string of the molecule is COc1cnn(CCN(C)C)c1C(=O)c1sccc1C. The molecular formula is C14H19N3O2S. The highest BCUT2D eigenvalue weighted by atomic mass is 32.1. The topological polar surface area (TPSA) is 47.4 Å². The van der Waals surface area contributed by atoms with Crippen molar-refractivity contribution in [3.63, 3.8) is 0 Å². The van der Waals surface area contributed by atoms with Crippen LogP contribution in [0.4, 0.5) is 0 Å². The summed E-state index contributed by atoms with van der Waals surface area (Å²) >= 11 is 1.45. The van der Waals surface area contributed by atoms with Crippen LogP contribution in [0.3, 0.4) is 0 Å². The molecule has 0 aliphatic heterocycles. The molecule has 0 radical (unpaired) electrons. The number of carbonyl (C=O) groups is 1. The van der Waals surface area contributed by atoms with E-state index >= 15 is 0 Å². The van der Waals surface area contributed by atoms with Crippen LogP contribution < -0.4 is 4.74 Å². The summed E-state index contributed by atoms with van der Waals surface area (Å²) in [4.78, 5) is 15.5. The quantitative estimate of drug-likeness (QED) is 0.765. The second-order valence-corrected chi connectivity index (χ2v) is 5.77. The van der Waals surface area contributed by atoms with Crippen molar-refractivity contribution >= 4 is 17.1 Å². The monoisotopic (exact) mass is 293 g/mol. The Morgan fingerprint density at radius 1 is 1.50 bits per heavy atom. The van der Waals surface area contributed by atoms with Gasteiger partial charge >= 0.3 is 0 Å². The Balaban J connectivity index is 2.36. The van der Waals surface area contributed by atoms with Gasteiger partial charge in [0.25, 0.3) is 0 Å². The van der Waals surface area contributed by atoms with Crippen LogP contribution in [-0.4, -0.2) is 48.2 Å². The molecule has 2 aromatic heterocycles. The van der Waals surface area contributed by atoms with E-state index in [4.69, 9.17) is 4.74 Å². The molecule has 2 aromatic rings. The fraction of sp³-hybridized carbons (Fsp3) is 0.429. The number of likely N-dealkylation sites (N-methyl/N-ethyl adjacent to an activating group) is 1. The average molecular weight is 293 g/mol. The van der Waals surface area contributed by atoms with Crippen LogP contribution in [0.25, 0.3) is 0 Å². The van der Waals surface area contributed by atoms with Crippen LogP contribution in [0.5, 0.6) is 5.75 Å². The summed E-state index contributed by atoms with van der Waals surface area (Å²) in [5, 5.41) is 6.19. The summed E-state index contributed by atoms with van der Waals surface area (Å²) in [7, 11) is 5.54. The third-order valence-corrected chi connectivity index (χ3v) is 4.08. The first-order chi connectivity index (χ1) is 9.54. The molecule has 0 unspecified atom stereocenters. The number of hydrogen-bond donors (Lipinski definition) is 0. The van der Waals surface area contributed by atoms with Crippen LogP contribution >= 0.6 is 11.3 Å². The van der Waals surface area contributed by atoms with E-state index in [0.29, 0.717) is 18.0 Å². The van der Waals surface area contributed by atoms with Gasteiger partial charge in [0.15, 0.2) is 11.4 Å². The van der Waals surface area contributed by atoms with E-state index in [0.717, 1.165) is 17.0 Å². The van der Waals surface area contributed by atoms with E-state index in [1.165, 1.54) is 11.3 Å². The molecule has 0 N–H and O–H groups in total. The predicted octanol–water partition coefficient (Wildman–Crippen LogP) is 2.05. The zero-order valence-corrected chi connectivity index (χ0v) is 13.0. The van der Waals surface area contributed by atoms with Gasteiger partial charge < -0.3 is 9.64 Å². The number of rotatable bonds is 6. The molecule has 0 atom stereocenters. The summed E-state index contributed by atoms with van der Waals surface area (Å²) < 4.78 is 7.00. The van der Waals surface area contributed by atoms with Crippen molar-refractivity contribution in [2.75, 3.05) is 27.7 Å². The largest absolute Gasteiger partial charge is 0.493 e. The van der Waals surface area contributed by atoms with Crippen LogP contribution in [-0.2, 0) is 6.54 Å². The van der Waals surface area contributed by atoms with Gasteiger partial charge in [0, 0.05) is 6.54 Å². The van der Waals surface area contributed by atoms with Crippen molar-refractivity contribution in [2.45, 2.75) is 13.5 Å². The van der Waals surface area contributed by atoms with E-state index in [2.05, 4.69) is 10.00 Å². The Kier molecular flexibility index (Phi) is 4.57. The summed E-state index contributed by atoms with van der Waals surface area (Å²) in [6, 6.07) is 1.95. The number of ketones is 1. The molecule has 0 saturated heterocycles. The van der Waals surface area contributed by atoms with Gasteiger partial charge in [-0.05, 0) is 38.0 Å². The summed E-state index contributed by atoms with van der Waals surface area (Å²) in [5.41, 5.74) is 1.52. The smallest absolute Gasteiger partial charge is 0.225 e. The minimum absolute atomic E-state index is 0.0226. The van der Waals surface area contributed by atoms with Gasteiger partial charge in [-0.3, -0.25) is 9.48 Å². The molecule has 0 bridgehead atoms. The van der Waals surface area contributed by atoms with Crippen LogP contribution in [0.1, 0.15) is 20.9 Å². The highest BCUT2D eigenvalue weighted by molar-refractivity contribution is 7.12. The second kappa shape index (κ2) is 6.19. The third kappa shape index (κ3) is 2.91. The van der Waals surface area contributed by atoms with Gasteiger partial charge in [0.05, 0.1) is 24.7 Å². The number of thiophene rings is 1. The maximum Gasteiger partial charge on any atom is 0.225 e. The first-order valence-corrected chi connectivity index (χ1v) is 7.26. The Morgan fingerprint density at radius 3 is 2.80 bits per heavy atom. The molecule has 0 amide bonds.